The van der Waals surface area contributed by atoms with Gasteiger partial charge in [0, 0.05) is 39.3 Å². The van der Waals surface area contributed by atoms with Gasteiger partial charge in [-0.1, -0.05) is 58.3 Å². The predicted molar refractivity (Wildman–Crippen MR) is 133 cm³/mol. The van der Waals surface area contributed by atoms with Gasteiger partial charge in [-0.3, -0.25) is 9.80 Å². The molecule has 2 heterocycles. The van der Waals surface area contributed by atoms with E-state index in [0.29, 0.717) is 19.8 Å². The lowest BCUT2D eigenvalue weighted by Gasteiger charge is -2.24. The highest BCUT2D eigenvalue weighted by Gasteiger charge is 2.14. The first-order chi connectivity index (χ1) is 16.4. The lowest BCUT2D eigenvalue weighted by atomic mass is 10.1. The number of unbranched alkanes of at least 4 members (excludes halogenated alkanes) is 7. The van der Waals surface area contributed by atoms with Crippen molar-refractivity contribution in [2.45, 2.75) is 70.8 Å². The molecule has 2 saturated heterocycles. The minimum absolute atomic E-state index is 0.195. The third-order valence-electron chi connectivity index (χ3n) is 6.58. The fourth-order valence-electron chi connectivity index (χ4n) is 4.35. The van der Waals surface area contributed by atoms with Crippen molar-refractivity contribution in [2.75, 3.05) is 98.7 Å². The van der Waals surface area contributed by atoms with Gasteiger partial charge < -0.3 is 23.7 Å². The molecule has 0 saturated carbocycles. The van der Waals surface area contributed by atoms with E-state index in [0.717, 1.165) is 85.3 Å². The third kappa shape index (κ3) is 16.1. The lowest BCUT2D eigenvalue weighted by Crippen LogP contribution is -2.35. The molecular weight excluding hydrogens is 420 g/mol. The quantitative estimate of drug-likeness (QED) is 0.375. The molecule has 3 unspecified atom stereocenters. The van der Waals surface area contributed by atoms with Gasteiger partial charge in [0.1, 0.15) is 0 Å². The fraction of sp³-hybridized carbons (Fsp3) is 1.00. The zero-order chi connectivity index (χ0) is 23.2. The maximum absolute atomic E-state index is 6.32. The molecule has 196 valence electrons. The SMILES string of the molecule is CCCCCCCCCCC1COCCN2CCOCCOCCN(CCOCC2)CCO1. The van der Waals surface area contributed by atoms with E-state index in [4.69, 9.17) is 23.7 Å². The highest BCUT2D eigenvalue weighted by Crippen LogP contribution is 2.12. The molecule has 2 rings (SSSR count). The molecule has 0 aliphatic carbocycles. The van der Waals surface area contributed by atoms with Crippen LogP contribution in [-0.4, -0.2) is 115 Å². The van der Waals surface area contributed by atoms with Crippen molar-refractivity contribution in [3.63, 3.8) is 0 Å². The molecule has 0 spiro atoms. The van der Waals surface area contributed by atoms with Gasteiger partial charge in [-0.15, -0.1) is 0 Å². The second-order valence-corrected chi connectivity index (χ2v) is 9.35. The summed E-state index contributed by atoms with van der Waals surface area (Å²) in [6.07, 6.45) is 12.0. The summed E-state index contributed by atoms with van der Waals surface area (Å²) in [5.41, 5.74) is 0. The Bertz CT molecular complexity index is 429. The Morgan fingerprint density at radius 1 is 0.515 bits per heavy atom. The van der Waals surface area contributed by atoms with Crippen LogP contribution in [0.15, 0.2) is 0 Å². The number of fused-ring (bicyclic) bond motifs is 6. The van der Waals surface area contributed by atoms with Gasteiger partial charge in [0.05, 0.1) is 65.6 Å². The van der Waals surface area contributed by atoms with E-state index in [1.807, 2.05) is 0 Å². The van der Waals surface area contributed by atoms with Gasteiger partial charge in [0.2, 0.25) is 0 Å². The highest BCUT2D eigenvalue weighted by molar-refractivity contribution is 4.64. The molecule has 2 aliphatic rings. The average Bonchev–Trinajstić information content (AvgIpc) is 2.83. The first kappa shape index (κ1) is 29.0. The summed E-state index contributed by atoms with van der Waals surface area (Å²) in [7, 11) is 0. The van der Waals surface area contributed by atoms with Gasteiger partial charge >= 0.3 is 0 Å². The summed E-state index contributed by atoms with van der Waals surface area (Å²) in [5.74, 6) is 0. The zero-order valence-corrected chi connectivity index (χ0v) is 21.5. The molecule has 7 nitrogen and oxygen atoms in total. The maximum atomic E-state index is 6.32. The first-order valence-corrected chi connectivity index (χ1v) is 13.8. The Morgan fingerprint density at radius 3 is 1.55 bits per heavy atom. The Labute approximate surface area is 203 Å². The number of ether oxygens (including phenoxy) is 5. The Balaban J connectivity index is 1.80. The highest BCUT2D eigenvalue weighted by atomic mass is 16.5. The summed E-state index contributed by atoms with van der Waals surface area (Å²) >= 11 is 0. The summed E-state index contributed by atoms with van der Waals surface area (Å²) in [5, 5.41) is 0. The summed E-state index contributed by atoms with van der Waals surface area (Å²) in [4.78, 5) is 4.78. The first-order valence-electron chi connectivity index (χ1n) is 13.8. The third-order valence-corrected chi connectivity index (χ3v) is 6.58. The summed E-state index contributed by atoms with van der Waals surface area (Å²) in [6.45, 7) is 14.1. The minimum Gasteiger partial charge on any atom is -0.379 e. The van der Waals surface area contributed by atoms with Gasteiger partial charge in [0.25, 0.3) is 0 Å². The van der Waals surface area contributed by atoms with Crippen molar-refractivity contribution in [3.8, 4) is 0 Å². The van der Waals surface area contributed by atoms with Crippen LogP contribution in [0.5, 0.6) is 0 Å². The van der Waals surface area contributed by atoms with E-state index in [-0.39, 0.29) is 6.10 Å². The van der Waals surface area contributed by atoms with Crippen LogP contribution in [0.4, 0.5) is 0 Å². The van der Waals surface area contributed by atoms with E-state index in [1.54, 1.807) is 0 Å². The molecule has 0 radical (unpaired) electrons. The van der Waals surface area contributed by atoms with E-state index >= 15 is 0 Å². The number of nitrogens with zero attached hydrogens (tertiary/aromatic N) is 2. The molecule has 33 heavy (non-hydrogen) atoms. The van der Waals surface area contributed by atoms with Crippen LogP contribution in [-0.2, 0) is 23.7 Å². The van der Waals surface area contributed by atoms with Crippen LogP contribution >= 0.6 is 0 Å². The second kappa shape index (κ2) is 21.0. The van der Waals surface area contributed by atoms with Crippen molar-refractivity contribution < 1.29 is 23.7 Å². The van der Waals surface area contributed by atoms with Crippen molar-refractivity contribution in [1.29, 1.82) is 0 Å². The van der Waals surface area contributed by atoms with E-state index in [2.05, 4.69) is 16.7 Å². The van der Waals surface area contributed by atoms with Crippen molar-refractivity contribution in [3.05, 3.63) is 0 Å². The second-order valence-electron chi connectivity index (χ2n) is 9.35. The molecule has 0 amide bonds. The van der Waals surface area contributed by atoms with Crippen LogP contribution in [0.3, 0.4) is 0 Å². The standard InChI is InChI=1S/C26H52N2O5/c1-2-3-4-5-6-7-8-9-10-26-25-32-21-15-27-11-17-29-18-12-28(16-22-33-26)14-20-31-24-23-30-19-13-27/h26H,2-25H2,1H3. The van der Waals surface area contributed by atoms with Crippen LogP contribution < -0.4 is 0 Å². The van der Waals surface area contributed by atoms with E-state index < -0.39 is 0 Å². The van der Waals surface area contributed by atoms with Crippen molar-refractivity contribution in [2.24, 2.45) is 0 Å². The van der Waals surface area contributed by atoms with Crippen LogP contribution in [0.2, 0.25) is 0 Å². The average molecular weight is 473 g/mol. The molecular formula is C26H52N2O5. The van der Waals surface area contributed by atoms with Crippen molar-refractivity contribution in [1.82, 2.24) is 9.80 Å². The van der Waals surface area contributed by atoms with Gasteiger partial charge in [-0.2, -0.15) is 0 Å². The largest absolute Gasteiger partial charge is 0.379 e. The maximum Gasteiger partial charge on any atom is 0.0809 e. The molecule has 2 aliphatic heterocycles. The monoisotopic (exact) mass is 472 g/mol. The Hall–Kier alpha value is -0.280. The Kier molecular flexibility index (Phi) is 18.5. The minimum atomic E-state index is 0.195. The fourth-order valence-corrected chi connectivity index (χ4v) is 4.35. The van der Waals surface area contributed by atoms with Crippen LogP contribution in [0.1, 0.15) is 64.7 Å². The molecule has 0 aromatic rings. The molecule has 0 aromatic carbocycles. The number of rotatable bonds is 9. The van der Waals surface area contributed by atoms with Crippen LogP contribution in [0, 0.1) is 0 Å². The normalized spacial score (nSPS) is 27.7. The molecule has 3 atom stereocenters. The van der Waals surface area contributed by atoms with Gasteiger partial charge in [0.15, 0.2) is 0 Å². The van der Waals surface area contributed by atoms with E-state index in [1.165, 1.54) is 51.4 Å². The zero-order valence-electron chi connectivity index (χ0n) is 21.5. The van der Waals surface area contributed by atoms with Gasteiger partial charge in [-0.05, 0) is 6.42 Å². The summed E-state index contributed by atoms with van der Waals surface area (Å²) in [6, 6.07) is 0. The smallest absolute Gasteiger partial charge is 0.0809 e. The number of hydrogen-bond donors (Lipinski definition) is 0. The molecule has 7 heteroatoms. The molecule has 2 fully saturated rings. The van der Waals surface area contributed by atoms with Gasteiger partial charge in [-0.25, -0.2) is 0 Å². The number of hydrogen-bond acceptors (Lipinski definition) is 7. The lowest BCUT2D eigenvalue weighted by molar-refractivity contribution is -0.0351. The topological polar surface area (TPSA) is 52.6 Å². The van der Waals surface area contributed by atoms with E-state index in [9.17, 15) is 0 Å². The molecule has 2 bridgehead atoms. The molecule has 0 aromatic heterocycles. The Morgan fingerprint density at radius 2 is 0.970 bits per heavy atom. The summed E-state index contributed by atoms with van der Waals surface area (Å²) < 4.78 is 29.9. The molecule has 0 N–H and O–H groups in total. The van der Waals surface area contributed by atoms with Crippen molar-refractivity contribution >= 4 is 0 Å². The predicted octanol–water partition coefficient (Wildman–Crippen LogP) is 3.60. The van der Waals surface area contributed by atoms with Crippen LogP contribution in [0.25, 0.3) is 0 Å².